The van der Waals surface area contributed by atoms with E-state index in [9.17, 15) is 4.79 Å². The Morgan fingerprint density at radius 2 is 2.13 bits per heavy atom. The van der Waals surface area contributed by atoms with Crippen molar-refractivity contribution in [1.29, 1.82) is 0 Å². The fourth-order valence-corrected chi connectivity index (χ4v) is 4.22. The number of hydrogen-bond acceptors (Lipinski definition) is 3. The second-order valence-electron chi connectivity index (χ2n) is 6.15. The SMILES string of the molecule is COc1ccc(CCC(=O)N2C3CCNCC2CC3)cc1Br.Cl. The molecule has 2 unspecified atom stereocenters. The van der Waals surface area contributed by atoms with Crippen LogP contribution in [0.25, 0.3) is 0 Å². The highest BCUT2D eigenvalue weighted by Crippen LogP contribution is 2.29. The molecular formula is C17H24BrClN2O2. The molecule has 0 aromatic heterocycles. The smallest absolute Gasteiger partial charge is 0.223 e. The first-order chi connectivity index (χ1) is 10.7. The molecule has 0 saturated carbocycles. The number of hydrogen-bond donors (Lipinski definition) is 1. The molecule has 1 aromatic rings. The third-order valence-electron chi connectivity index (χ3n) is 4.79. The molecule has 6 heteroatoms. The van der Waals surface area contributed by atoms with Gasteiger partial charge in [0.1, 0.15) is 5.75 Å². The molecule has 1 N–H and O–H groups in total. The Labute approximate surface area is 152 Å². The standard InChI is InChI=1S/C17H23BrN2O2.ClH/c1-22-16-6-2-12(10-15(16)18)3-7-17(21)20-13-4-5-14(20)11-19-9-8-13;/h2,6,10,13-14,19H,3-5,7-9,11H2,1H3;1H. The van der Waals surface area contributed by atoms with Crippen LogP contribution in [-0.2, 0) is 11.2 Å². The van der Waals surface area contributed by atoms with Gasteiger partial charge >= 0.3 is 0 Å². The number of amides is 1. The lowest BCUT2D eigenvalue weighted by Crippen LogP contribution is -2.42. The number of ether oxygens (including phenoxy) is 1. The Hall–Kier alpha value is -0.780. The molecule has 2 saturated heterocycles. The number of carbonyl (C=O) groups excluding carboxylic acids is 1. The zero-order chi connectivity index (χ0) is 15.5. The predicted octanol–water partition coefficient (Wildman–Crippen LogP) is 3.17. The summed E-state index contributed by atoms with van der Waals surface area (Å²) in [5.74, 6) is 1.13. The highest BCUT2D eigenvalue weighted by atomic mass is 79.9. The van der Waals surface area contributed by atoms with E-state index in [4.69, 9.17) is 4.74 Å². The summed E-state index contributed by atoms with van der Waals surface area (Å²) < 4.78 is 6.19. The molecule has 2 heterocycles. The van der Waals surface area contributed by atoms with Gasteiger partial charge in [0, 0.05) is 25.0 Å². The molecule has 23 heavy (non-hydrogen) atoms. The van der Waals surface area contributed by atoms with Crippen LogP contribution < -0.4 is 10.1 Å². The number of nitrogens with one attached hydrogen (secondary N) is 1. The van der Waals surface area contributed by atoms with E-state index in [2.05, 4.69) is 26.1 Å². The number of halogens is 2. The Morgan fingerprint density at radius 3 is 2.87 bits per heavy atom. The van der Waals surface area contributed by atoms with Gasteiger partial charge in [-0.15, -0.1) is 12.4 Å². The number of methoxy groups -OCH3 is 1. The van der Waals surface area contributed by atoms with Gasteiger partial charge in [-0.05, 0) is 65.9 Å². The van der Waals surface area contributed by atoms with E-state index in [-0.39, 0.29) is 12.4 Å². The normalized spacial score (nSPS) is 23.1. The van der Waals surface area contributed by atoms with E-state index >= 15 is 0 Å². The van der Waals surface area contributed by atoms with Crippen LogP contribution in [0.5, 0.6) is 5.75 Å². The minimum absolute atomic E-state index is 0. The lowest BCUT2D eigenvalue weighted by atomic mass is 10.1. The molecule has 2 atom stereocenters. The first kappa shape index (κ1) is 18.6. The maximum absolute atomic E-state index is 12.7. The molecule has 4 nitrogen and oxygen atoms in total. The lowest BCUT2D eigenvalue weighted by molar-refractivity contribution is -0.133. The zero-order valence-corrected chi connectivity index (χ0v) is 15.8. The molecule has 0 spiro atoms. The molecule has 0 aliphatic carbocycles. The molecule has 0 radical (unpaired) electrons. The van der Waals surface area contributed by atoms with Gasteiger partial charge in [-0.3, -0.25) is 4.79 Å². The van der Waals surface area contributed by atoms with Gasteiger partial charge in [-0.2, -0.15) is 0 Å². The third kappa shape index (κ3) is 4.20. The van der Waals surface area contributed by atoms with Crippen LogP contribution in [0.4, 0.5) is 0 Å². The number of nitrogens with zero attached hydrogens (tertiary/aromatic N) is 1. The van der Waals surface area contributed by atoms with Crippen LogP contribution in [-0.4, -0.2) is 43.1 Å². The number of rotatable bonds is 4. The van der Waals surface area contributed by atoms with Crippen molar-refractivity contribution in [3.63, 3.8) is 0 Å². The molecule has 1 amide bonds. The molecule has 2 bridgehead atoms. The highest BCUT2D eigenvalue weighted by molar-refractivity contribution is 9.10. The van der Waals surface area contributed by atoms with Gasteiger partial charge in [-0.1, -0.05) is 6.07 Å². The number of carbonyl (C=O) groups is 1. The fraction of sp³-hybridized carbons (Fsp3) is 0.588. The van der Waals surface area contributed by atoms with Gasteiger partial charge in [0.2, 0.25) is 5.91 Å². The first-order valence-corrected chi connectivity index (χ1v) is 8.82. The van der Waals surface area contributed by atoms with Crippen molar-refractivity contribution in [1.82, 2.24) is 10.2 Å². The van der Waals surface area contributed by atoms with Gasteiger partial charge in [0.05, 0.1) is 11.6 Å². The number of aryl methyl sites for hydroxylation is 1. The number of benzene rings is 1. The highest BCUT2D eigenvalue weighted by Gasteiger charge is 2.37. The van der Waals surface area contributed by atoms with Crippen LogP contribution in [0, 0.1) is 0 Å². The van der Waals surface area contributed by atoms with Gasteiger partial charge in [-0.25, -0.2) is 0 Å². The second kappa shape index (κ2) is 8.36. The van der Waals surface area contributed by atoms with Gasteiger partial charge in [0.25, 0.3) is 0 Å². The van der Waals surface area contributed by atoms with Crippen molar-refractivity contribution in [2.75, 3.05) is 20.2 Å². The van der Waals surface area contributed by atoms with E-state index in [0.29, 0.717) is 24.4 Å². The van der Waals surface area contributed by atoms with Crippen LogP contribution >= 0.6 is 28.3 Å². The van der Waals surface area contributed by atoms with Crippen molar-refractivity contribution in [3.8, 4) is 5.75 Å². The van der Waals surface area contributed by atoms with Crippen molar-refractivity contribution >= 4 is 34.2 Å². The van der Waals surface area contributed by atoms with Crippen LogP contribution in [0.2, 0.25) is 0 Å². The summed E-state index contributed by atoms with van der Waals surface area (Å²) in [5, 5.41) is 3.44. The molecule has 3 rings (SSSR count). The average molecular weight is 404 g/mol. The molecule has 2 aliphatic rings. The van der Waals surface area contributed by atoms with Crippen molar-refractivity contribution in [2.45, 2.75) is 44.2 Å². The Bertz CT molecular complexity index is 541. The van der Waals surface area contributed by atoms with E-state index in [1.54, 1.807) is 7.11 Å². The second-order valence-corrected chi connectivity index (χ2v) is 7.00. The quantitative estimate of drug-likeness (QED) is 0.839. The summed E-state index contributed by atoms with van der Waals surface area (Å²) in [6.07, 6.45) is 4.79. The summed E-state index contributed by atoms with van der Waals surface area (Å²) in [5.41, 5.74) is 1.17. The summed E-state index contributed by atoms with van der Waals surface area (Å²) in [4.78, 5) is 14.8. The first-order valence-electron chi connectivity index (χ1n) is 8.03. The Kier molecular flexibility index (Phi) is 6.74. The monoisotopic (exact) mass is 402 g/mol. The Balaban J connectivity index is 0.00000192. The van der Waals surface area contributed by atoms with E-state index in [0.717, 1.165) is 42.6 Å². The third-order valence-corrected chi connectivity index (χ3v) is 5.41. The van der Waals surface area contributed by atoms with Crippen LogP contribution in [0.1, 0.15) is 31.2 Å². The van der Waals surface area contributed by atoms with E-state index in [1.807, 2.05) is 18.2 Å². The minimum atomic E-state index is 0. The minimum Gasteiger partial charge on any atom is -0.496 e. The van der Waals surface area contributed by atoms with Crippen molar-refractivity contribution in [3.05, 3.63) is 28.2 Å². The Morgan fingerprint density at radius 1 is 1.35 bits per heavy atom. The van der Waals surface area contributed by atoms with Crippen LogP contribution in [0.15, 0.2) is 22.7 Å². The fourth-order valence-electron chi connectivity index (χ4n) is 3.64. The van der Waals surface area contributed by atoms with E-state index < -0.39 is 0 Å². The maximum atomic E-state index is 12.7. The summed E-state index contributed by atoms with van der Waals surface area (Å²) in [6, 6.07) is 6.89. The maximum Gasteiger partial charge on any atom is 0.223 e. The molecule has 2 fully saturated rings. The predicted molar refractivity (Wildman–Crippen MR) is 97.4 cm³/mol. The van der Waals surface area contributed by atoms with Gasteiger partial charge < -0.3 is 15.0 Å². The summed E-state index contributed by atoms with van der Waals surface area (Å²) in [7, 11) is 1.66. The summed E-state index contributed by atoms with van der Waals surface area (Å²) >= 11 is 3.50. The molecular weight excluding hydrogens is 380 g/mol. The number of fused-ring (bicyclic) bond motifs is 2. The van der Waals surface area contributed by atoms with Gasteiger partial charge in [0.15, 0.2) is 0 Å². The zero-order valence-electron chi connectivity index (χ0n) is 13.4. The van der Waals surface area contributed by atoms with Crippen LogP contribution in [0.3, 0.4) is 0 Å². The molecule has 128 valence electrons. The van der Waals surface area contributed by atoms with Crippen molar-refractivity contribution < 1.29 is 9.53 Å². The van der Waals surface area contributed by atoms with E-state index in [1.165, 1.54) is 12.0 Å². The summed E-state index contributed by atoms with van der Waals surface area (Å²) in [6.45, 7) is 1.99. The molecule has 1 aromatic carbocycles. The average Bonchev–Trinajstić information content (AvgIpc) is 2.78. The molecule has 2 aliphatic heterocycles. The van der Waals surface area contributed by atoms with Crippen molar-refractivity contribution in [2.24, 2.45) is 0 Å². The largest absolute Gasteiger partial charge is 0.496 e. The topological polar surface area (TPSA) is 41.6 Å². The lowest BCUT2D eigenvalue weighted by Gasteiger charge is -2.28.